The molecule has 1 N–H and O–H groups in total. The molecule has 112 valence electrons. The maximum Gasteiger partial charge on any atom is 0.0233 e. The first-order valence-corrected chi connectivity index (χ1v) is 7.96. The lowest BCUT2D eigenvalue weighted by molar-refractivity contribution is 0.188. The number of likely N-dealkylation sites (N-methyl/N-ethyl adjacent to an activating group) is 1. The first kappa shape index (κ1) is 15.5. The minimum Gasteiger partial charge on any atom is -0.313 e. The van der Waals surface area contributed by atoms with Crippen LogP contribution in [0.15, 0.2) is 30.3 Å². The van der Waals surface area contributed by atoms with Gasteiger partial charge in [0.15, 0.2) is 0 Å². The summed E-state index contributed by atoms with van der Waals surface area (Å²) < 4.78 is 0. The molecule has 0 spiro atoms. The van der Waals surface area contributed by atoms with Gasteiger partial charge in [0, 0.05) is 25.7 Å². The van der Waals surface area contributed by atoms with Crippen LogP contribution in [-0.2, 0) is 6.54 Å². The van der Waals surface area contributed by atoms with Crippen LogP contribution in [0.1, 0.15) is 25.3 Å². The number of nitrogens with one attached hydrogen (secondary N) is 1. The second-order valence-corrected chi connectivity index (χ2v) is 5.89. The predicted molar refractivity (Wildman–Crippen MR) is 85.9 cm³/mol. The number of rotatable bonds is 7. The molecular weight excluding hydrogens is 246 g/mol. The lowest BCUT2D eigenvalue weighted by atomic mass is 10.0. The van der Waals surface area contributed by atoms with E-state index in [1.54, 1.807) is 0 Å². The molecule has 3 nitrogen and oxygen atoms in total. The third-order valence-electron chi connectivity index (χ3n) is 4.30. The van der Waals surface area contributed by atoms with Crippen molar-refractivity contribution in [2.75, 3.05) is 39.8 Å². The van der Waals surface area contributed by atoms with Crippen LogP contribution in [0.25, 0.3) is 0 Å². The Morgan fingerprint density at radius 1 is 1.20 bits per heavy atom. The lowest BCUT2D eigenvalue weighted by Gasteiger charge is -2.32. The summed E-state index contributed by atoms with van der Waals surface area (Å²) in [6.45, 7) is 9.16. The third kappa shape index (κ3) is 5.23. The molecule has 1 saturated heterocycles. The van der Waals surface area contributed by atoms with Gasteiger partial charge in [-0.25, -0.2) is 0 Å². The molecule has 1 fully saturated rings. The molecule has 0 bridgehead atoms. The van der Waals surface area contributed by atoms with Gasteiger partial charge >= 0.3 is 0 Å². The van der Waals surface area contributed by atoms with Crippen LogP contribution in [-0.4, -0.2) is 55.6 Å². The zero-order valence-electron chi connectivity index (χ0n) is 13.0. The molecule has 0 aromatic heterocycles. The van der Waals surface area contributed by atoms with Crippen molar-refractivity contribution in [3.8, 4) is 0 Å². The minimum absolute atomic E-state index is 0.715. The maximum atomic E-state index is 3.70. The zero-order valence-corrected chi connectivity index (χ0v) is 13.0. The minimum atomic E-state index is 0.715. The van der Waals surface area contributed by atoms with E-state index in [-0.39, 0.29) is 0 Å². The van der Waals surface area contributed by atoms with Crippen molar-refractivity contribution < 1.29 is 0 Å². The molecule has 3 heteroatoms. The Morgan fingerprint density at radius 3 is 2.55 bits per heavy atom. The van der Waals surface area contributed by atoms with Gasteiger partial charge in [0.1, 0.15) is 0 Å². The van der Waals surface area contributed by atoms with Crippen LogP contribution < -0.4 is 5.32 Å². The van der Waals surface area contributed by atoms with E-state index < -0.39 is 0 Å². The van der Waals surface area contributed by atoms with Crippen molar-refractivity contribution in [2.45, 2.75) is 32.4 Å². The number of hydrogen-bond acceptors (Lipinski definition) is 3. The summed E-state index contributed by atoms with van der Waals surface area (Å²) in [7, 11) is 2.18. The first-order chi connectivity index (χ1) is 9.78. The SMILES string of the molecule is CCN(C)CCNC1CCN(Cc2ccccc2)CC1. The second-order valence-electron chi connectivity index (χ2n) is 5.89. The topological polar surface area (TPSA) is 18.5 Å². The van der Waals surface area contributed by atoms with Crippen molar-refractivity contribution in [1.29, 1.82) is 0 Å². The molecule has 1 aromatic rings. The van der Waals surface area contributed by atoms with Crippen molar-refractivity contribution >= 4 is 0 Å². The monoisotopic (exact) mass is 275 g/mol. The van der Waals surface area contributed by atoms with Crippen LogP contribution in [0.5, 0.6) is 0 Å². The Hall–Kier alpha value is -0.900. The summed E-state index contributed by atoms with van der Waals surface area (Å²) in [5, 5.41) is 3.70. The van der Waals surface area contributed by atoms with E-state index in [0.717, 1.165) is 26.2 Å². The lowest BCUT2D eigenvalue weighted by Crippen LogP contribution is -2.44. The highest BCUT2D eigenvalue weighted by atomic mass is 15.1. The fraction of sp³-hybridized carbons (Fsp3) is 0.647. The molecule has 1 aliphatic heterocycles. The molecule has 0 saturated carbocycles. The van der Waals surface area contributed by atoms with E-state index in [2.05, 4.69) is 59.4 Å². The molecular formula is C17H29N3. The van der Waals surface area contributed by atoms with Gasteiger partial charge in [-0.1, -0.05) is 37.3 Å². The number of benzene rings is 1. The quantitative estimate of drug-likeness (QED) is 0.823. The van der Waals surface area contributed by atoms with Gasteiger partial charge in [0.2, 0.25) is 0 Å². The fourth-order valence-corrected chi connectivity index (χ4v) is 2.75. The van der Waals surface area contributed by atoms with Crippen LogP contribution >= 0.6 is 0 Å². The highest BCUT2D eigenvalue weighted by Gasteiger charge is 2.18. The summed E-state index contributed by atoms with van der Waals surface area (Å²) in [4.78, 5) is 4.93. The maximum absolute atomic E-state index is 3.70. The van der Waals surface area contributed by atoms with Crippen LogP contribution in [0, 0.1) is 0 Å². The Balaban J connectivity index is 1.63. The van der Waals surface area contributed by atoms with Crippen molar-refractivity contribution in [3.63, 3.8) is 0 Å². The van der Waals surface area contributed by atoms with Crippen LogP contribution in [0.4, 0.5) is 0 Å². The number of likely N-dealkylation sites (tertiary alicyclic amines) is 1. The van der Waals surface area contributed by atoms with Crippen LogP contribution in [0.3, 0.4) is 0 Å². The summed E-state index contributed by atoms with van der Waals surface area (Å²) >= 11 is 0. The van der Waals surface area contributed by atoms with Gasteiger partial charge in [-0.2, -0.15) is 0 Å². The number of piperidine rings is 1. The molecule has 0 unspecified atom stereocenters. The van der Waals surface area contributed by atoms with Gasteiger partial charge in [-0.3, -0.25) is 4.90 Å². The van der Waals surface area contributed by atoms with Gasteiger partial charge in [0.05, 0.1) is 0 Å². The second kappa shape index (κ2) is 8.40. The zero-order chi connectivity index (χ0) is 14.2. The standard InChI is InChI=1S/C17H29N3/c1-3-19(2)14-11-18-17-9-12-20(13-10-17)15-16-7-5-4-6-8-16/h4-8,17-18H,3,9-15H2,1-2H3. The van der Waals surface area contributed by atoms with E-state index in [1.165, 1.54) is 31.5 Å². The third-order valence-corrected chi connectivity index (χ3v) is 4.30. The van der Waals surface area contributed by atoms with Crippen molar-refractivity contribution in [3.05, 3.63) is 35.9 Å². The fourth-order valence-electron chi connectivity index (χ4n) is 2.75. The smallest absolute Gasteiger partial charge is 0.0233 e. The van der Waals surface area contributed by atoms with E-state index in [0.29, 0.717) is 6.04 Å². The Bertz CT molecular complexity index is 358. The van der Waals surface area contributed by atoms with E-state index >= 15 is 0 Å². The molecule has 1 aromatic carbocycles. The Kier molecular flexibility index (Phi) is 6.51. The average molecular weight is 275 g/mol. The molecule has 1 aliphatic rings. The summed E-state index contributed by atoms with van der Waals surface area (Å²) in [5.74, 6) is 0. The largest absolute Gasteiger partial charge is 0.313 e. The first-order valence-electron chi connectivity index (χ1n) is 7.96. The summed E-state index contributed by atoms with van der Waals surface area (Å²) in [5.41, 5.74) is 1.43. The summed E-state index contributed by atoms with van der Waals surface area (Å²) in [6, 6.07) is 11.5. The van der Waals surface area contributed by atoms with Gasteiger partial charge in [-0.15, -0.1) is 0 Å². The van der Waals surface area contributed by atoms with Gasteiger partial charge < -0.3 is 10.2 Å². The van der Waals surface area contributed by atoms with Crippen molar-refractivity contribution in [1.82, 2.24) is 15.1 Å². The molecule has 0 radical (unpaired) electrons. The molecule has 0 amide bonds. The highest BCUT2D eigenvalue weighted by molar-refractivity contribution is 5.14. The average Bonchev–Trinajstić information content (AvgIpc) is 2.50. The summed E-state index contributed by atoms with van der Waals surface area (Å²) in [6.07, 6.45) is 2.56. The van der Waals surface area contributed by atoms with E-state index in [1.807, 2.05) is 0 Å². The highest BCUT2D eigenvalue weighted by Crippen LogP contribution is 2.13. The predicted octanol–water partition coefficient (Wildman–Crippen LogP) is 2.19. The van der Waals surface area contributed by atoms with Gasteiger partial charge in [-0.05, 0) is 45.1 Å². The van der Waals surface area contributed by atoms with E-state index in [9.17, 15) is 0 Å². The Morgan fingerprint density at radius 2 is 1.90 bits per heavy atom. The van der Waals surface area contributed by atoms with E-state index in [4.69, 9.17) is 0 Å². The van der Waals surface area contributed by atoms with Crippen molar-refractivity contribution in [2.24, 2.45) is 0 Å². The molecule has 0 atom stereocenters. The number of nitrogens with zero attached hydrogens (tertiary/aromatic N) is 2. The van der Waals surface area contributed by atoms with Gasteiger partial charge in [0.25, 0.3) is 0 Å². The molecule has 2 rings (SSSR count). The molecule has 0 aliphatic carbocycles. The normalized spacial score (nSPS) is 17.8. The van der Waals surface area contributed by atoms with Crippen LogP contribution in [0.2, 0.25) is 0 Å². The number of hydrogen-bond donors (Lipinski definition) is 1. The molecule has 20 heavy (non-hydrogen) atoms. The molecule has 1 heterocycles. The Labute approximate surface area is 124 Å².